The van der Waals surface area contributed by atoms with Gasteiger partial charge in [-0.2, -0.15) is 0 Å². The van der Waals surface area contributed by atoms with Gasteiger partial charge in [0.15, 0.2) is 0 Å². The molecule has 5 nitrogen and oxygen atoms in total. The van der Waals surface area contributed by atoms with Crippen molar-refractivity contribution >= 4 is 35.1 Å². The molecule has 0 bridgehead atoms. The van der Waals surface area contributed by atoms with Crippen LogP contribution in [-0.4, -0.2) is 34.4 Å². The number of benzene rings is 2. The van der Waals surface area contributed by atoms with Crippen LogP contribution < -0.4 is 16.0 Å². The van der Waals surface area contributed by atoms with Gasteiger partial charge < -0.3 is 15.1 Å². The van der Waals surface area contributed by atoms with Crippen LogP contribution in [0.4, 0.5) is 4.39 Å². The van der Waals surface area contributed by atoms with Crippen LogP contribution in [0.2, 0.25) is 0 Å². The molecule has 142 valence electrons. The molecule has 2 aromatic carbocycles. The Kier molecular flexibility index (Phi) is 5.02. The molecule has 0 radical (unpaired) electrons. The number of alkyl halides is 1. The number of amides is 1. The van der Waals surface area contributed by atoms with E-state index >= 15 is 0 Å². The minimum atomic E-state index is -1.02. The van der Waals surface area contributed by atoms with E-state index in [1.165, 1.54) is 6.08 Å². The molecular weight excluding hydrogens is 357 g/mol. The molecule has 1 unspecified atom stereocenters. The van der Waals surface area contributed by atoms with E-state index in [2.05, 4.69) is 15.3 Å². The summed E-state index contributed by atoms with van der Waals surface area (Å²) < 4.78 is 13.4. The summed E-state index contributed by atoms with van der Waals surface area (Å²) in [4.78, 5) is 31.4. The molecule has 1 aliphatic rings. The summed E-state index contributed by atoms with van der Waals surface area (Å²) in [6, 6.07) is 13.0. The Morgan fingerprint density at radius 2 is 2.11 bits per heavy atom. The van der Waals surface area contributed by atoms with E-state index in [1.54, 1.807) is 6.08 Å². The number of nitrogens with one attached hydrogen (secondary N) is 2. The molecule has 3 aromatic rings. The van der Waals surface area contributed by atoms with Gasteiger partial charge >= 0.3 is 0 Å². The molecule has 6 heteroatoms. The zero-order valence-electron chi connectivity index (χ0n) is 15.2. The Hall–Kier alpha value is -3.28. The molecule has 0 saturated heterocycles. The number of aromatic amines is 1. The number of aldehydes is 1. The number of hydrogen-bond donors (Lipinski definition) is 2. The second-order valence-corrected chi connectivity index (χ2v) is 6.93. The van der Waals surface area contributed by atoms with Gasteiger partial charge in [0.1, 0.15) is 18.3 Å². The van der Waals surface area contributed by atoms with E-state index in [9.17, 15) is 14.0 Å². The van der Waals surface area contributed by atoms with Gasteiger partial charge in [-0.25, -0.2) is 9.37 Å². The van der Waals surface area contributed by atoms with E-state index in [4.69, 9.17) is 0 Å². The van der Waals surface area contributed by atoms with Crippen LogP contribution >= 0.6 is 0 Å². The van der Waals surface area contributed by atoms with Gasteiger partial charge in [0.05, 0.1) is 23.2 Å². The average Bonchev–Trinajstić information content (AvgIpc) is 3.09. The fraction of sp³-hybridized carbons (Fsp3) is 0.227. The molecule has 1 amide bonds. The summed E-state index contributed by atoms with van der Waals surface area (Å²) >= 11 is 0. The third kappa shape index (κ3) is 3.86. The molecule has 0 fully saturated rings. The van der Waals surface area contributed by atoms with Gasteiger partial charge in [-0.1, -0.05) is 48.5 Å². The summed E-state index contributed by atoms with van der Waals surface area (Å²) in [5.74, 6) is 0.320. The maximum absolute atomic E-state index is 13.4. The lowest BCUT2D eigenvalue weighted by molar-refractivity contribution is -0.123. The Labute approximate surface area is 161 Å². The van der Waals surface area contributed by atoms with Gasteiger partial charge in [-0.05, 0) is 22.4 Å². The van der Waals surface area contributed by atoms with E-state index < -0.39 is 12.2 Å². The Balaban J connectivity index is 1.46. The molecular formula is C22H20FN3O2. The molecule has 0 aliphatic heterocycles. The highest BCUT2D eigenvalue weighted by atomic mass is 19.1. The second-order valence-electron chi connectivity index (χ2n) is 6.93. The Morgan fingerprint density at radius 1 is 1.29 bits per heavy atom. The quantitative estimate of drug-likeness (QED) is 0.637. The van der Waals surface area contributed by atoms with Crippen molar-refractivity contribution in [3.8, 4) is 0 Å². The van der Waals surface area contributed by atoms with Crippen molar-refractivity contribution in [1.29, 1.82) is 0 Å². The number of hydrogen-bond acceptors (Lipinski definition) is 3. The maximum atomic E-state index is 13.4. The fourth-order valence-corrected chi connectivity index (χ4v) is 3.52. The van der Waals surface area contributed by atoms with Crippen molar-refractivity contribution in [2.75, 3.05) is 0 Å². The molecule has 1 aliphatic carbocycles. The van der Waals surface area contributed by atoms with E-state index in [0.717, 1.165) is 16.3 Å². The van der Waals surface area contributed by atoms with Crippen molar-refractivity contribution in [3.05, 3.63) is 64.6 Å². The van der Waals surface area contributed by atoms with Gasteiger partial charge in [-0.3, -0.25) is 4.79 Å². The van der Waals surface area contributed by atoms with Crippen LogP contribution in [0, 0.1) is 0 Å². The largest absolute Gasteiger partial charge is 0.346 e. The first-order chi connectivity index (χ1) is 13.6. The van der Waals surface area contributed by atoms with E-state index in [0.29, 0.717) is 29.2 Å². The number of fused-ring (bicyclic) bond motifs is 2. The average molecular weight is 377 g/mol. The number of rotatable bonds is 6. The zero-order valence-corrected chi connectivity index (χ0v) is 15.2. The molecule has 1 heterocycles. The van der Waals surface area contributed by atoms with E-state index in [1.807, 2.05) is 42.5 Å². The lowest BCUT2D eigenvalue weighted by Gasteiger charge is -2.12. The number of carbonyl (C=O) groups is 2. The van der Waals surface area contributed by atoms with Crippen LogP contribution in [0.5, 0.6) is 0 Å². The zero-order chi connectivity index (χ0) is 19.5. The fourth-order valence-electron chi connectivity index (χ4n) is 3.52. The number of aromatic nitrogens is 2. The maximum Gasteiger partial charge on any atom is 0.225 e. The lowest BCUT2D eigenvalue weighted by atomic mass is 10.0. The number of H-pyrrole nitrogens is 1. The summed E-state index contributed by atoms with van der Waals surface area (Å²) in [7, 11) is 0. The minimum absolute atomic E-state index is 0.186. The van der Waals surface area contributed by atoms with Gasteiger partial charge in [0.2, 0.25) is 5.91 Å². The SMILES string of the molecule is O=C[C@@H](Cc1nc2c([nH]1)=CC(F)CC=2)NC(=O)Cc1cccc2ccccc12. The van der Waals surface area contributed by atoms with Crippen molar-refractivity contribution < 1.29 is 14.0 Å². The van der Waals surface area contributed by atoms with Crippen molar-refractivity contribution in [1.82, 2.24) is 15.3 Å². The lowest BCUT2D eigenvalue weighted by Crippen LogP contribution is -2.38. The molecule has 2 N–H and O–H groups in total. The number of carbonyl (C=O) groups excluding carboxylic acids is 2. The van der Waals surface area contributed by atoms with Crippen molar-refractivity contribution in [2.45, 2.75) is 31.5 Å². The van der Waals surface area contributed by atoms with Crippen molar-refractivity contribution in [3.63, 3.8) is 0 Å². The molecule has 1 aromatic heterocycles. The van der Waals surface area contributed by atoms with Crippen LogP contribution in [0.15, 0.2) is 42.5 Å². The molecule has 0 saturated carbocycles. The topological polar surface area (TPSA) is 74.8 Å². The van der Waals surface area contributed by atoms with Crippen LogP contribution in [0.3, 0.4) is 0 Å². The molecule has 0 spiro atoms. The molecule has 4 rings (SSSR count). The van der Waals surface area contributed by atoms with Crippen LogP contribution in [0.25, 0.3) is 22.9 Å². The van der Waals surface area contributed by atoms with Crippen LogP contribution in [-0.2, 0) is 22.4 Å². The second kappa shape index (κ2) is 7.76. The first-order valence-electron chi connectivity index (χ1n) is 9.24. The monoisotopic (exact) mass is 377 g/mol. The highest BCUT2D eigenvalue weighted by Gasteiger charge is 2.16. The summed E-state index contributed by atoms with van der Waals surface area (Å²) in [6.07, 6.45) is 3.62. The first-order valence-corrected chi connectivity index (χ1v) is 9.24. The molecule has 28 heavy (non-hydrogen) atoms. The summed E-state index contributed by atoms with van der Waals surface area (Å²) in [6.45, 7) is 0. The summed E-state index contributed by atoms with van der Waals surface area (Å²) in [5.41, 5.74) is 0.909. The van der Waals surface area contributed by atoms with E-state index in [-0.39, 0.29) is 18.7 Å². The smallest absolute Gasteiger partial charge is 0.225 e. The first kappa shape index (κ1) is 18.1. The third-order valence-electron chi connectivity index (χ3n) is 4.85. The standard InChI is InChI=1S/C22H20FN3O2/c23-16-8-9-19-20(11-16)26-21(25-19)12-17(13-27)24-22(28)10-15-6-3-5-14-4-1-2-7-18(14)15/h1-7,9,11,13,16-17H,8,10,12H2,(H,24,28)(H,25,26)/t16?,17-/m1/s1. The minimum Gasteiger partial charge on any atom is -0.346 e. The summed E-state index contributed by atoms with van der Waals surface area (Å²) in [5, 5.41) is 6.16. The highest BCUT2D eigenvalue weighted by molar-refractivity contribution is 5.90. The number of halogens is 1. The third-order valence-corrected chi connectivity index (χ3v) is 4.85. The van der Waals surface area contributed by atoms with Crippen molar-refractivity contribution in [2.24, 2.45) is 0 Å². The number of imidazole rings is 1. The van der Waals surface area contributed by atoms with Gasteiger partial charge in [-0.15, -0.1) is 0 Å². The predicted molar refractivity (Wildman–Crippen MR) is 106 cm³/mol. The highest BCUT2D eigenvalue weighted by Crippen LogP contribution is 2.18. The number of nitrogens with zero attached hydrogens (tertiary/aromatic N) is 1. The van der Waals surface area contributed by atoms with Gasteiger partial charge in [0.25, 0.3) is 0 Å². The normalized spacial score (nSPS) is 16.5. The Morgan fingerprint density at radius 3 is 2.96 bits per heavy atom. The Bertz CT molecular complexity index is 1150. The van der Waals surface area contributed by atoms with Gasteiger partial charge in [0, 0.05) is 12.8 Å². The molecule has 2 atom stereocenters. The predicted octanol–water partition coefficient (Wildman–Crippen LogP) is 1.33. The van der Waals surface area contributed by atoms with Crippen LogP contribution in [0.1, 0.15) is 17.8 Å².